The summed E-state index contributed by atoms with van der Waals surface area (Å²) in [6, 6.07) is 2.42. The number of rotatable bonds is 1. The summed E-state index contributed by atoms with van der Waals surface area (Å²) in [6.07, 6.45) is -4.81. The van der Waals surface area contributed by atoms with Crippen LogP contribution in [0.25, 0.3) is 0 Å². The average Bonchev–Trinajstić information content (AvgIpc) is 2.37. The first kappa shape index (κ1) is 17.7. The Labute approximate surface area is 125 Å². The van der Waals surface area contributed by atoms with Gasteiger partial charge >= 0.3 is 6.18 Å². The summed E-state index contributed by atoms with van der Waals surface area (Å²) in [5.41, 5.74) is -1.56. The van der Waals surface area contributed by atoms with Crippen LogP contribution in [0.1, 0.15) is 22.8 Å². The van der Waals surface area contributed by atoms with Crippen LogP contribution in [-0.4, -0.2) is 36.5 Å². The predicted molar refractivity (Wildman–Crippen MR) is 72.0 cm³/mol. The van der Waals surface area contributed by atoms with Crippen molar-refractivity contribution in [2.45, 2.75) is 19.1 Å². The molecule has 0 radical (unpaired) electrons. The molecule has 1 aromatic carbocycles. The Bertz CT molecular complexity index is 521. The van der Waals surface area contributed by atoms with Crippen molar-refractivity contribution in [3.8, 4) is 0 Å². The lowest BCUT2D eigenvalue weighted by molar-refractivity contribution is -0.140. The number of halogens is 5. The number of hydrogen-bond acceptors (Lipinski definition) is 2. The molecule has 1 heterocycles. The molecule has 118 valence electrons. The lowest BCUT2D eigenvalue weighted by atomic mass is 10.1. The Balaban J connectivity index is 0.00000220. The molecule has 0 saturated carbocycles. The summed E-state index contributed by atoms with van der Waals surface area (Å²) < 4.78 is 51.0. The zero-order valence-electron chi connectivity index (χ0n) is 11.2. The molecular formula is C13H15ClF4N2O. The van der Waals surface area contributed by atoms with Crippen molar-refractivity contribution in [2.75, 3.05) is 19.6 Å². The summed E-state index contributed by atoms with van der Waals surface area (Å²) in [5, 5.41) is 3.13. The van der Waals surface area contributed by atoms with Crippen LogP contribution in [0.15, 0.2) is 18.2 Å². The molecule has 0 aromatic heterocycles. The molecule has 0 spiro atoms. The molecule has 1 amide bonds. The maximum atomic E-state index is 13.2. The molecule has 2 rings (SSSR count). The van der Waals surface area contributed by atoms with E-state index in [1.54, 1.807) is 0 Å². The van der Waals surface area contributed by atoms with Crippen molar-refractivity contribution in [1.82, 2.24) is 10.2 Å². The van der Waals surface area contributed by atoms with Gasteiger partial charge in [-0.3, -0.25) is 4.79 Å². The molecule has 21 heavy (non-hydrogen) atoms. The summed E-state index contributed by atoms with van der Waals surface area (Å²) in [6.45, 7) is 3.30. The van der Waals surface area contributed by atoms with Gasteiger partial charge in [0.25, 0.3) is 5.91 Å². The van der Waals surface area contributed by atoms with E-state index in [1.165, 1.54) is 4.90 Å². The molecule has 1 N–H and O–H groups in total. The molecule has 3 nitrogen and oxygen atoms in total. The summed E-state index contributed by atoms with van der Waals surface area (Å²) in [7, 11) is 0. The van der Waals surface area contributed by atoms with Crippen molar-refractivity contribution in [1.29, 1.82) is 0 Å². The third-order valence-corrected chi connectivity index (χ3v) is 3.17. The molecule has 0 bridgehead atoms. The number of nitrogens with zero attached hydrogens (tertiary/aromatic N) is 1. The Hall–Kier alpha value is -1.34. The largest absolute Gasteiger partial charge is 0.419 e. The van der Waals surface area contributed by atoms with Gasteiger partial charge in [-0.25, -0.2) is 4.39 Å². The van der Waals surface area contributed by atoms with Crippen LogP contribution >= 0.6 is 12.4 Å². The average molecular weight is 327 g/mol. The third-order valence-electron chi connectivity index (χ3n) is 3.17. The van der Waals surface area contributed by atoms with Gasteiger partial charge in [0.2, 0.25) is 0 Å². The number of carbonyl (C=O) groups excluding carboxylic acids is 1. The molecule has 1 aliphatic rings. The highest BCUT2D eigenvalue weighted by Gasteiger charge is 2.35. The predicted octanol–water partition coefficient (Wildman–Crippen LogP) is 2.70. The fourth-order valence-corrected chi connectivity index (χ4v) is 2.17. The van der Waals surface area contributed by atoms with Gasteiger partial charge < -0.3 is 10.2 Å². The van der Waals surface area contributed by atoms with Crippen molar-refractivity contribution in [3.63, 3.8) is 0 Å². The van der Waals surface area contributed by atoms with Crippen LogP contribution in [0, 0.1) is 5.82 Å². The van der Waals surface area contributed by atoms with E-state index in [2.05, 4.69) is 5.32 Å². The van der Waals surface area contributed by atoms with Crippen LogP contribution in [0.2, 0.25) is 0 Å². The number of carbonyl (C=O) groups is 1. The van der Waals surface area contributed by atoms with Gasteiger partial charge in [-0.1, -0.05) is 0 Å². The lowest BCUT2D eigenvalue weighted by Crippen LogP contribution is -2.51. The van der Waals surface area contributed by atoms with Crippen LogP contribution < -0.4 is 5.32 Å². The van der Waals surface area contributed by atoms with Crippen molar-refractivity contribution < 1.29 is 22.4 Å². The lowest BCUT2D eigenvalue weighted by Gasteiger charge is -2.32. The normalized spacial score (nSPS) is 19.1. The zero-order valence-corrected chi connectivity index (χ0v) is 12.0. The van der Waals surface area contributed by atoms with Crippen molar-refractivity contribution >= 4 is 18.3 Å². The van der Waals surface area contributed by atoms with Crippen LogP contribution in [0.3, 0.4) is 0 Å². The zero-order chi connectivity index (χ0) is 14.9. The maximum Gasteiger partial charge on any atom is 0.419 e. The molecule has 1 saturated heterocycles. The minimum Gasteiger partial charge on any atom is -0.336 e. The first-order valence-electron chi connectivity index (χ1n) is 6.18. The maximum absolute atomic E-state index is 13.2. The Morgan fingerprint density at radius 2 is 2.05 bits per heavy atom. The number of amides is 1. The number of benzene rings is 1. The van der Waals surface area contributed by atoms with Gasteiger partial charge in [0, 0.05) is 31.2 Å². The van der Waals surface area contributed by atoms with E-state index in [0.29, 0.717) is 31.8 Å². The van der Waals surface area contributed by atoms with Crippen LogP contribution in [0.4, 0.5) is 17.6 Å². The summed E-state index contributed by atoms with van der Waals surface area (Å²) in [5.74, 6) is -1.88. The van der Waals surface area contributed by atoms with E-state index in [4.69, 9.17) is 0 Å². The molecule has 0 unspecified atom stereocenters. The summed E-state index contributed by atoms with van der Waals surface area (Å²) >= 11 is 0. The van der Waals surface area contributed by atoms with E-state index in [9.17, 15) is 22.4 Å². The highest BCUT2D eigenvalue weighted by atomic mass is 35.5. The highest BCUT2D eigenvalue weighted by Crippen LogP contribution is 2.32. The Morgan fingerprint density at radius 1 is 1.38 bits per heavy atom. The monoisotopic (exact) mass is 326 g/mol. The molecule has 1 aliphatic heterocycles. The second kappa shape index (κ2) is 6.62. The fraction of sp³-hybridized carbons (Fsp3) is 0.462. The van der Waals surface area contributed by atoms with Gasteiger partial charge in [0.1, 0.15) is 5.82 Å². The first-order chi connectivity index (χ1) is 9.29. The topological polar surface area (TPSA) is 32.3 Å². The fourth-order valence-electron chi connectivity index (χ4n) is 2.17. The van der Waals surface area contributed by atoms with Crippen LogP contribution in [0.5, 0.6) is 0 Å². The van der Waals surface area contributed by atoms with Gasteiger partial charge in [-0.2, -0.15) is 13.2 Å². The van der Waals surface area contributed by atoms with E-state index in [-0.39, 0.29) is 24.0 Å². The van der Waals surface area contributed by atoms with Crippen LogP contribution in [-0.2, 0) is 6.18 Å². The standard InChI is InChI=1S/C13H14F4N2O.ClH/c1-8-7-19(5-4-18-8)12(20)9-2-3-11(14)10(6-9)13(15,16)17;/h2-3,6,8,18H,4-5,7H2,1H3;1H/t8-;/m1./s1. The second-order valence-electron chi connectivity index (χ2n) is 4.80. The Kier molecular flexibility index (Phi) is 5.58. The third kappa shape index (κ3) is 4.07. The minimum absolute atomic E-state index is 0. The van der Waals surface area contributed by atoms with E-state index in [1.807, 2.05) is 6.92 Å². The van der Waals surface area contributed by atoms with Gasteiger partial charge in [0.05, 0.1) is 5.56 Å². The number of hydrogen-bond donors (Lipinski definition) is 1. The number of piperazine rings is 1. The van der Waals surface area contributed by atoms with Gasteiger partial charge in [-0.05, 0) is 25.1 Å². The van der Waals surface area contributed by atoms with E-state index in [0.717, 1.165) is 6.07 Å². The van der Waals surface area contributed by atoms with E-state index < -0.39 is 23.5 Å². The van der Waals surface area contributed by atoms with Crippen molar-refractivity contribution in [2.24, 2.45) is 0 Å². The summed E-state index contributed by atoms with van der Waals surface area (Å²) in [4.78, 5) is 13.6. The second-order valence-corrected chi connectivity index (χ2v) is 4.80. The van der Waals surface area contributed by atoms with E-state index >= 15 is 0 Å². The van der Waals surface area contributed by atoms with Crippen molar-refractivity contribution in [3.05, 3.63) is 35.1 Å². The smallest absolute Gasteiger partial charge is 0.336 e. The molecule has 8 heteroatoms. The first-order valence-corrected chi connectivity index (χ1v) is 6.18. The number of alkyl halides is 3. The molecular weight excluding hydrogens is 312 g/mol. The highest BCUT2D eigenvalue weighted by molar-refractivity contribution is 5.94. The minimum atomic E-state index is -4.81. The quantitative estimate of drug-likeness (QED) is 0.805. The SMILES string of the molecule is C[C@@H]1CN(C(=O)c2ccc(F)c(C(F)(F)F)c2)CCN1.Cl. The van der Waals surface area contributed by atoms with Gasteiger partial charge in [-0.15, -0.1) is 12.4 Å². The molecule has 1 aromatic rings. The Morgan fingerprint density at radius 3 is 2.62 bits per heavy atom. The van der Waals surface area contributed by atoms with Gasteiger partial charge in [0.15, 0.2) is 0 Å². The molecule has 0 aliphatic carbocycles. The molecule has 1 atom stereocenters. The number of nitrogens with one attached hydrogen (secondary N) is 1. The molecule has 1 fully saturated rings.